The molecule has 0 bridgehead atoms. The predicted octanol–water partition coefficient (Wildman–Crippen LogP) is 1.22. The van der Waals surface area contributed by atoms with Crippen LogP contribution in [-0.4, -0.2) is 50.6 Å². The summed E-state index contributed by atoms with van der Waals surface area (Å²) in [6, 6.07) is 0.379. The Hall–Kier alpha value is -0.610. The van der Waals surface area contributed by atoms with Crippen molar-refractivity contribution in [3.05, 3.63) is 0 Å². The summed E-state index contributed by atoms with van der Waals surface area (Å²) in [5.74, 6) is 0.241. The summed E-state index contributed by atoms with van der Waals surface area (Å²) in [5, 5.41) is 6.52. The van der Waals surface area contributed by atoms with Crippen molar-refractivity contribution in [1.82, 2.24) is 15.5 Å². The van der Waals surface area contributed by atoms with Crippen molar-refractivity contribution in [2.75, 3.05) is 33.7 Å². The van der Waals surface area contributed by atoms with Crippen molar-refractivity contribution in [2.45, 2.75) is 45.6 Å². The molecule has 1 aliphatic heterocycles. The van der Waals surface area contributed by atoms with Gasteiger partial charge in [0.1, 0.15) is 0 Å². The van der Waals surface area contributed by atoms with Crippen LogP contribution >= 0.6 is 0 Å². The minimum Gasteiger partial charge on any atom is -0.354 e. The Morgan fingerprint density at radius 3 is 2.72 bits per heavy atom. The maximum atomic E-state index is 12.5. The summed E-state index contributed by atoms with van der Waals surface area (Å²) < 4.78 is 0. The average Bonchev–Trinajstić information content (AvgIpc) is 2.36. The summed E-state index contributed by atoms with van der Waals surface area (Å²) in [5.41, 5.74) is -0.168. The Bertz CT molecular complexity index is 254. The van der Waals surface area contributed by atoms with Crippen LogP contribution in [0.1, 0.15) is 39.5 Å². The lowest BCUT2D eigenvalue weighted by molar-refractivity contribution is -0.132. The van der Waals surface area contributed by atoms with E-state index in [1.165, 1.54) is 0 Å². The molecule has 2 atom stereocenters. The molecule has 2 N–H and O–H groups in total. The predicted molar refractivity (Wildman–Crippen MR) is 75.6 cm³/mol. The van der Waals surface area contributed by atoms with Crippen molar-refractivity contribution in [2.24, 2.45) is 5.41 Å². The monoisotopic (exact) mass is 255 g/mol. The van der Waals surface area contributed by atoms with Gasteiger partial charge >= 0.3 is 0 Å². The zero-order chi connectivity index (χ0) is 13.6. The van der Waals surface area contributed by atoms with Gasteiger partial charge in [-0.1, -0.05) is 13.3 Å². The Morgan fingerprint density at radius 1 is 1.50 bits per heavy atom. The van der Waals surface area contributed by atoms with Gasteiger partial charge in [-0.25, -0.2) is 0 Å². The third kappa shape index (κ3) is 3.95. The van der Waals surface area contributed by atoms with Gasteiger partial charge in [0.15, 0.2) is 0 Å². The van der Waals surface area contributed by atoms with E-state index in [0.717, 1.165) is 45.3 Å². The molecule has 0 saturated carbocycles. The first kappa shape index (κ1) is 15.4. The summed E-state index contributed by atoms with van der Waals surface area (Å²) >= 11 is 0. The van der Waals surface area contributed by atoms with Gasteiger partial charge in [0.2, 0.25) is 5.91 Å². The minimum atomic E-state index is -0.168. The van der Waals surface area contributed by atoms with E-state index in [1.54, 1.807) is 0 Å². The molecule has 2 unspecified atom stereocenters. The van der Waals surface area contributed by atoms with Crippen LogP contribution in [0.4, 0.5) is 0 Å². The smallest absolute Gasteiger partial charge is 0.227 e. The second kappa shape index (κ2) is 7.10. The van der Waals surface area contributed by atoms with Gasteiger partial charge < -0.3 is 15.5 Å². The lowest BCUT2D eigenvalue weighted by atomic mass is 9.76. The normalized spacial score (nSPS) is 26.1. The number of nitrogens with one attached hydrogen (secondary N) is 2. The third-order valence-corrected chi connectivity index (χ3v) is 4.12. The Morgan fingerprint density at radius 2 is 2.22 bits per heavy atom. The van der Waals surface area contributed by atoms with Crippen LogP contribution < -0.4 is 10.6 Å². The zero-order valence-corrected chi connectivity index (χ0v) is 12.4. The molecule has 4 heteroatoms. The maximum Gasteiger partial charge on any atom is 0.227 e. The van der Waals surface area contributed by atoms with E-state index in [0.29, 0.717) is 6.04 Å². The van der Waals surface area contributed by atoms with Gasteiger partial charge in [0.05, 0.1) is 5.41 Å². The molecular weight excluding hydrogens is 226 g/mol. The molecule has 0 aromatic heterocycles. The van der Waals surface area contributed by atoms with E-state index in [1.807, 2.05) is 14.1 Å². The fraction of sp³-hybridized carbons (Fsp3) is 0.929. The molecule has 106 valence electrons. The average molecular weight is 255 g/mol. The Balaban J connectivity index is 2.54. The molecule has 1 heterocycles. The van der Waals surface area contributed by atoms with Crippen LogP contribution in [0.15, 0.2) is 0 Å². The highest BCUT2D eigenvalue weighted by atomic mass is 16.2. The van der Waals surface area contributed by atoms with Crippen LogP contribution in [0.25, 0.3) is 0 Å². The zero-order valence-electron chi connectivity index (χ0n) is 12.4. The van der Waals surface area contributed by atoms with E-state index >= 15 is 0 Å². The molecule has 0 spiro atoms. The number of carbonyl (C=O) groups is 1. The molecular formula is C14H29N3O. The fourth-order valence-corrected chi connectivity index (χ4v) is 2.58. The molecule has 0 aromatic carbocycles. The van der Waals surface area contributed by atoms with E-state index < -0.39 is 0 Å². The first-order chi connectivity index (χ1) is 8.52. The highest BCUT2D eigenvalue weighted by molar-refractivity contribution is 5.83. The van der Waals surface area contributed by atoms with E-state index in [4.69, 9.17) is 0 Å². The summed E-state index contributed by atoms with van der Waals surface area (Å²) in [6.45, 7) is 6.91. The van der Waals surface area contributed by atoms with Gasteiger partial charge in [-0.2, -0.15) is 0 Å². The molecule has 0 aliphatic carbocycles. The lowest BCUT2D eigenvalue weighted by Crippen LogP contribution is -2.52. The molecule has 1 aliphatic rings. The van der Waals surface area contributed by atoms with Crippen molar-refractivity contribution in [3.8, 4) is 0 Å². The molecule has 0 radical (unpaired) electrons. The van der Waals surface area contributed by atoms with Crippen LogP contribution in [-0.2, 0) is 4.79 Å². The quantitative estimate of drug-likeness (QED) is 0.750. The van der Waals surface area contributed by atoms with Crippen molar-refractivity contribution >= 4 is 5.91 Å². The minimum absolute atomic E-state index is 0.168. The molecule has 4 nitrogen and oxygen atoms in total. The second-order valence-electron chi connectivity index (χ2n) is 5.83. The molecule has 1 saturated heterocycles. The van der Waals surface area contributed by atoms with Crippen molar-refractivity contribution < 1.29 is 4.79 Å². The third-order valence-electron chi connectivity index (χ3n) is 4.12. The number of carbonyl (C=O) groups excluding carboxylic acids is 1. The standard InChI is InChI=1S/C14H29N3O/c1-5-7-14(8-6-9-15-11-14)13(18)16-10-12(2)17(3)4/h12,15H,5-11H2,1-4H3,(H,16,18). The molecule has 1 rings (SSSR count). The number of hydrogen-bond acceptors (Lipinski definition) is 3. The van der Waals surface area contributed by atoms with Crippen LogP contribution in [0.5, 0.6) is 0 Å². The molecule has 1 fully saturated rings. The van der Waals surface area contributed by atoms with Crippen LogP contribution in [0, 0.1) is 5.41 Å². The number of nitrogens with zero attached hydrogens (tertiary/aromatic N) is 1. The number of amides is 1. The fourth-order valence-electron chi connectivity index (χ4n) is 2.58. The first-order valence-electron chi connectivity index (χ1n) is 7.17. The van der Waals surface area contributed by atoms with Gasteiger partial charge in [-0.3, -0.25) is 4.79 Å². The first-order valence-corrected chi connectivity index (χ1v) is 7.17. The van der Waals surface area contributed by atoms with Gasteiger partial charge in [0.25, 0.3) is 0 Å². The summed E-state index contributed by atoms with van der Waals surface area (Å²) in [6.07, 6.45) is 4.19. The largest absolute Gasteiger partial charge is 0.354 e. The molecule has 0 aromatic rings. The maximum absolute atomic E-state index is 12.5. The SMILES string of the molecule is CCCC1(C(=O)NCC(C)N(C)C)CCCNC1. The number of hydrogen-bond donors (Lipinski definition) is 2. The van der Waals surface area contributed by atoms with E-state index in [-0.39, 0.29) is 11.3 Å². The Kier molecular flexibility index (Phi) is 6.09. The summed E-state index contributed by atoms with van der Waals surface area (Å²) in [7, 11) is 4.08. The summed E-state index contributed by atoms with van der Waals surface area (Å²) in [4.78, 5) is 14.6. The van der Waals surface area contributed by atoms with Crippen molar-refractivity contribution in [1.29, 1.82) is 0 Å². The van der Waals surface area contributed by atoms with E-state index in [2.05, 4.69) is 29.4 Å². The number of piperidine rings is 1. The van der Waals surface area contributed by atoms with Gasteiger partial charge in [-0.05, 0) is 46.8 Å². The highest BCUT2D eigenvalue weighted by Gasteiger charge is 2.38. The van der Waals surface area contributed by atoms with E-state index in [9.17, 15) is 4.79 Å². The number of rotatable bonds is 6. The molecule has 18 heavy (non-hydrogen) atoms. The van der Waals surface area contributed by atoms with Gasteiger partial charge in [0, 0.05) is 19.1 Å². The molecule has 1 amide bonds. The second-order valence-corrected chi connectivity index (χ2v) is 5.83. The van der Waals surface area contributed by atoms with Crippen LogP contribution in [0.3, 0.4) is 0 Å². The number of likely N-dealkylation sites (N-methyl/N-ethyl adjacent to an activating group) is 1. The highest BCUT2D eigenvalue weighted by Crippen LogP contribution is 2.31. The Labute approximate surface area is 111 Å². The lowest BCUT2D eigenvalue weighted by Gasteiger charge is -2.36. The van der Waals surface area contributed by atoms with Crippen LogP contribution in [0.2, 0.25) is 0 Å². The topological polar surface area (TPSA) is 44.4 Å². The van der Waals surface area contributed by atoms with Gasteiger partial charge in [-0.15, -0.1) is 0 Å². The van der Waals surface area contributed by atoms with Crippen molar-refractivity contribution in [3.63, 3.8) is 0 Å².